The minimum Gasteiger partial charge on any atom is -0.462 e. The van der Waals surface area contributed by atoms with Crippen LogP contribution in [0.4, 0.5) is 0 Å². The fourth-order valence-electron chi connectivity index (χ4n) is 9.34. The molecule has 15 heteroatoms. The van der Waals surface area contributed by atoms with Gasteiger partial charge in [-0.05, 0) is 77.0 Å². The zero-order valence-electron chi connectivity index (χ0n) is 47.2. The average molecular weight is 1080 g/mol. The molecule has 7 N–H and O–H groups in total. The molecule has 0 radical (unpaired) electrons. The van der Waals surface area contributed by atoms with Crippen molar-refractivity contribution in [1.82, 2.24) is 0 Å². The van der Waals surface area contributed by atoms with E-state index in [4.69, 9.17) is 28.4 Å². The highest BCUT2D eigenvalue weighted by atomic mass is 16.7. The predicted octanol–water partition coefficient (Wildman–Crippen LogP) is 10.6. The SMILES string of the molecule is CCCCC/C=C\C/C=C\CCCCCCCCCC(=O)OCC(COC1OC(COC2OC(CO)C(O)C(O)C2O)C(O)C(O)C1O)OC(=O)CCCCCCCCCCCCC/C=C\C/C=C\CCCCCCC. The van der Waals surface area contributed by atoms with Crippen LogP contribution in [0.3, 0.4) is 0 Å². The highest BCUT2D eigenvalue weighted by molar-refractivity contribution is 5.70. The fourth-order valence-corrected chi connectivity index (χ4v) is 9.34. The van der Waals surface area contributed by atoms with E-state index in [9.17, 15) is 45.3 Å². The maximum atomic E-state index is 13.1. The van der Waals surface area contributed by atoms with E-state index in [0.29, 0.717) is 12.8 Å². The van der Waals surface area contributed by atoms with Crippen LogP contribution in [0, 0.1) is 0 Å². The largest absolute Gasteiger partial charge is 0.462 e. The normalized spacial score (nSPS) is 24.6. The van der Waals surface area contributed by atoms with Gasteiger partial charge in [-0.2, -0.15) is 0 Å². The Labute approximate surface area is 458 Å². The minimum atomic E-state index is -1.77. The predicted molar refractivity (Wildman–Crippen MR) is 298 cm³/mol. The zero-order chi connectivity index (χ0) is 55.3. The summed E-state index contributed by atoms with van der Waals surface area (Å²) in [4.78, 5) is 25.9. The van der Waals surface area contributed by atoms with Crippen LogP contribution in [-0.4, -0.2) is 142 Å². The van der Waals surface area contributed by atoms with Gasteiger partial charge in [0.05, 0.1) is 19.8 Å². The van der Waals surface area contributed by atoms with E-state index in [0.717, 1.165) is 70.6 Å². The molecule has 0 bridgehead atoms. The van der Waals surface area contributed by atoms with Crippen molar-refractivity contribution in [3.8, 4) is 0 Å². The second-order valence-electron chi connectivity index (χ2n) is 21.2. The van der Waals surface area contributed by atoms with E-state index >= 15 is 0 Å². The van der Waals surface area contributed by atoms with Crippen LogP contribution in [-0.2, 0) is 38.0 Å². The van der Waals surface area contributed by atoms with E-state index in [2.05, 4.69) is 62.5 Å². The number of hydrogen-bond donors (Lipinski definition) is 7. The molecule has 0 spiro atoms. The first-order valence-corrected chi connectivity index (χ1v) is 30.2. The lowest BCUT2D eigenvalue weighted by molar-refractivity contribution is -0.332. The Balaban J connectivity index is 1.73. The molecule has 2 saturated heterocycles. The first kappa shape index (κ1) is 69.6. The molecule has 0 saturated carbocycles. The molecule has 11 unspecified atom stereocenters. The molecule has 0 aromatic carbocycles. The van der Waals surface area contributed by atoms with Gasteiger partial charge < -0.3 is 64.2 Å². The van der Waals surface area contributed by atoms with Crippen LogP contribution >= 0.6 is 0 Å². The summed E-state index contributed by atoms with van der Waals surface area (Å²) in [6.45, 7) is 2.58. The van der Waals surface area contributed by atoms with Crippen molar-refractivity contribution >= 4 is 11.9 Å². The van der Waals surface area contributed by atoms with Gasteiger partial charge in [0.25, 0.3) is 0 Å². The Bertz CT molecular complexity index is 1500. The topological polar surface area (TPSA) is 231 Å². The number of carbonyl (C=O) groups is 2. The van der Waals surface area contributed by atoms with Gasteiger partial charge in [-0.1, -0.05) is 191 Å². The molecule has 0 aromatic heterocycles. The van der Waals surface area contributed by atoms with Gasteiger partial charge in [-0.15, -0.1) is 0 Å². The minimum absolute atomic E-state index is 0.161. The van der Waals surface area contributed by atoms with Crippen LogP contribution < -0.4 is 0 Å². The van der Waals surface area contributed by atoms with Crippen LogP contribution in [0.5, 0.6) is 0 Å². The second kappa shape index (κ2) is 47.3. The molecular weight excluding hydrogens is 973 g/mol. The van der Waals surface area contributed by atoms with Gasteiger partial charge in [-0.3, -0.25) is 9.59 Å². The molecule has 0 amide bonds. The Morgan fingerprint density at radius 3 is 1.25 bits per heavy atom. The maximum absolute atomic E-state index is 13.1. The standard InChI is InChI=1S/C61H108O15/c1-3-5-7-9-11-13-15-17-19-21-22-23-24-25-26-28-30-32-34-36-38-40-42-44-53(64)74-49(46-71-52(63)43-41-39-37-35-33-31-29-27-20-18-16-14-12-10-8-6-4-2)47-72-60-59(70)57(68)55(66)51(76-60)48-73-61-58(69)56(67)54(65)50(45-62)75-61/h12,14-15,17-18,20-22,49-51,54-62,65-70H,3-11,13,16,19,23-48H2,1-2H3/b14-12-,17-15-,20-18-,22-21-. The first-order valence-electron chi connectivity index (χ1n) is 30.2. The summed E-state index contributed by atoms with van der Waals surface area (Å²) in [5.41, 5.74) is 0. The Hall–Kier alpha value is -2.54. The zero-order valence-corrected chi connectivity index (χ0v) is 47.2. The number of aliphatic hydroxyl groups is 7. The van der Waals surface area contributed by atoms with E-state index < -0.39 is 92.7 Å². The molecule has 2 aliphatic rings. The van der Waals surface area contributed by atoms with E-state index in [1.165, 1.54) is 122 Å². The van der Waals surface area contributed by atoms with E-state index in [1.54, 1.807) is 0 Å². The molecule has 0 aromatic rings. The third-order valence-corrected chi connectivity index (χ3v) is 14.3. The van der Waals surface area contributed by atoms with Crippen molar-refractivity contribution in [3.05, 3.63) is 48.6 Å². The Morgan fingerprint density at radius 1 is 0.421 bits per heavy atom. The van der Waals surface area contributed by atoms with Gasteiger partial charge in [0.2, 0.25) is 0 Å². The summed E-state index contributed by atoms with van der Waals surface area (Å²) in [5.74, 6) is -0.931. The molecule has 11 atom stereocenters. The first-order chi connectivity index (χ1) is 37.0. The van der Waals surface area contributed by atoms with E-state index in [1.807, 2.05) is 0 Å². The lowest BCUT2D eigenvalue weighted by Crippen LogP contribution is -2.61. The van der Waals surface area contributed by atoms with Crippen LogP contribution in [0.1, 0.15) is 232 Å². The third-order valence-electron chi connectivity index (χ3n) is 14.3. The molecule has 2 aliphatic heterocycles. The number of allylic oxidation sites excluding steroid dienone is 8. The van der Waals surface area contributed by atoms with Crippen molar-refractivity contribution in [3.63, 3.8) is 0 Å². The van der Waals surface area contributed by atoms with Gasteiger partial charge in [0.15, 0.2) is 18.7 Å². The molecular formula is C61H108O15. The number of rotatable bonds is 48. The lowest BCUT2D eigenvalue weighted by atomic mass is 9.98. The summed E-state index contributed by atoms with van der Waals surface area (Å²) in [6, 6.07) is 0. The van der Waals surface area contributed by atoms with Crippen molar-refractivity contribution in [2.24, 2.45) is 0 Å². The van der Waals surface area contributed by atoms with Gasteiger partial charge in [-0.25, -0.2) is 0 Å². The summed E-state index contributed by atoms with van der Waals surface area (Å²) in [7, 11) is 0. The molecule has 76 heavy (non-hydrogen) atoms. The van der Waals surface area contributed by atoms with Crippen LogP contribution in [0.15, 0.2) is 48.6 Å². The van der Waals surface area contributed by atoms with Crippen LogP contribution in [0.2, 0.25) is 0 Å². The van der Waals surface area contributed by atoms with Crippen LogP contribution in [0.25, 0.3) is 0 Å². The third kappa shape index (κ3) is 33.8. The summed E-state index contributed by atoms with van der Waals surface area (Å²) in [6.07, 6.45) is 38.4. The molecule has 0 aliphatic carbocycles. The number of carbonyl (C=O) groups excluding carboxylic acids is 2. The van der Waals surface area contributed by atoms with Crippen molar-refractivity contribution in [2.75, 3.05) is 26.4 Å². The summed E-state index contributed by atoms with van der Waals surface area (Å²) < 4.78 is 33.7. The number of aliphatic hydroxyl groups excluding tert-OH is 7. The molecule has 2 heterocycles. The lowest BCUT2D eigenvalue weighted by Gasteiger charge is -2.42. The summed E-state index contributed by atoms with van der Waals surface area (Å²) >= 11 is 0. The summed E-state index contributed by atoms with van der Waals surface area (Å²) in [5, 5.41) is 72.3. The quantitative estimate of drug-likeness (QED) is 0.0171. The van der Waals surface area contributed by atoms with Crippen molar-refractivity contribution in [2.45, 2.75) is 300 Å². The number of esters is 2. The van der Waals surface area contributed by atoms with Gasteiger partial charge in [0.1, 0.15) is 55.4 Å². The van der Waals surface area contributed by atoms with Crippen molar-refractivity contribution in [1.29, 1.82) is 0 Å². The monoisotopic (exact) mass is 1080 g/mol. The van der Waals surface area contributed by atoms with Gasteiger partial charge >= 0.3 is 11.9 Å². The second-order valence-corrected chi connectivity index (χ2v) is 21.2. The highest BCUT2D eigenvalue weighted by Crippen LogP contribution is 2.27. The number of unbranched alkanes of at least 4 members (excludes halogenated alkanes) is 26. The average Bonchev–Trinajstić information content (AvgIpc) is 3.42. The molecule has 2 rings (SSSR count). The smallest absolute Gasteiger partial charge is 0.306 e. The van der Waals surface area contributed by atoms with Crippen molar-refractivity contribution < 1.29 is 73.8 Å². The van der Waals surface area contributed by atoms with Gasteiger partial charge in [0, 0.05) is 12.8 Å². The number of ether oxygens (including phenoxy) is 6. The Kier molecular flexibility index (Phi) is 43.3. The fraction of sp³-hybridized carbons (Fsp3) is 0.836. The Morgan fingerprint density at radius 2 is 0.789 bits per heavy atom. The highest BCUT2D eigenvalue weighted by Gasteiger charge is 2.47. The molecule has 442 valence electrons. The maximum Gasteiger partial charge on any atom is 0.306 e. The number of hydrogen-bond acceptors (Lipinski definition) is 15. The molecule has 2 fully saturated rings. The van der Waals surface area contributed by atoms with E-state index in [-0.39, 0.29) is 26.1 Å². The molecule has 15 nitrogen and oxygen atoms in total.